The molecule has 0 saturated carbocycles. The number of pyridine rings is 2. The van der Waals surface area contributed by atoms with Crippen molar-refractivity contribution in [1.29, 1.82) is 0 Å². The number of hydrogen-bond donors (Lipinski definition) is 1. The number of halogens is 1. The molecule has 0 radical (unpaired) electrons. The van der Waals surface area contributed by atoms with Gasteiger partial charge >= 0.3 is 0 Å². The maximum atomic E-state index is 13.0. The maximum absolute atomic E-state index is 13.0. The molecule has 4 aromatic rings. The third-order valence-electron chi connectivity index (χ3n) is 3.70. The van der Waals surface area contributed by atoms with Gasteiger partial charge in [0, 0.05) is 23.5 Å². The summed E-state index contributed by atoms with van der Waals surface area (Å²) < 4.78 is 13.9. The predicted molar refractivity (Wildman–Crippen MR) is 92.4 cm³/mol. The average molecular weight is 337 g/mol. The highest BCUT2D eigenvalue weighted by molar-refractivity contribution is 7.21. The SMILES string of the molecule is Cc1cc(-c2nc3ccc(O)cc3s2)cnc1-c1ccc(F)nc1. The Morgan fingerprint density at radius 3 is 2.58 bits per heavy atom. The fourth-order valence-corrected chi connectivity index (χ4v) is 3.53. The highest BCUT2D eigenvalue weighted by Gasteiger charge is 2.11. The predicted octanol–water partition coefficient (Wildman–Crippen LogP) is 4.57. The molecule has 0 amide bonds. The summed E-state index contributed by atoms with van der Waals surface area (Å²) in [6, 6.07) is 10.1. The molecule has 0 aliphatic heterocycles. The van der Waals surface area contributed by atoms with E-state index >= 15 is 0 Å². The van der Waals surface area contributed by atoms with Crippen molar-refractivity contribution in [3.63, 3.8) is 0 Å². The Hall–Kier alpha value is -2.86. The van der Waals surface area contributed by atoms with Crippen molar-refractivity contribution in [2.24, 2.45) is 0 Å². The van der Waals surface area contributed by atoms with E-state index in [1.165, 1.54) is 23.6 Å². The van der Waals surface area contributed by atoms with Crippen molar-refractivity contribution >= 4 is 21.6 Å². The Kier molecular flexibility index (Phi) is 3.46. The number of phenolic OH excluding ortho intramolecular Hbond substituents is 1. The van der Waals surface area contributed by atoms with Crippen molar-refractivity contribution in [1.82, 2.24) is 15.0 Å². The zero-order valence-electron chi connectivity index (χ0n) is 12.7. The van der Waals surface area contributed by atoms with Crippen LogP contribution in [0, 0.1) is 12.9 Å². The van der Waals surface area contributed by atoms with E-state index in [4.69, 9.17) is 0 Å². The second-order valence-corrected chi connectivity index (χ2v) is 6.46. The van der Waals surface area contributed by atoms with E-state index in [0.29, 0.717) is 0 Å². The van der Waals surface area contributed by atoms with Crippen LogP contribution in [0.3, 0.4) is 0 Å². The van der Waals surface area contributed by atoms with Gasteiger partial charge in [0.25, 0.3) is 0 Å². The summed E-state index contributed by atoms with van der Waals surface area (Å²) in [6.07, 6.45) is 3.23. The van der Waals surface area contributed by atoms with Crippen LogP contribution in [-0.2, 0) is 0 Å². The first-order chi connectivity index (χ1) is 11.6. The summed E-state index contributed by atoms with van der Waals surface area (Å²) in [7, 11) is 0. The molecule has 0 saturated heterocycles. The van der Waals surface area contributed by atoms with E-state index in [1.54, 1.807) is 30.5 Å². The number of nitrogens with zero attached hydrogens (tertiary/aromatic N) is 3. The molecular formula is C18H12FN3OS. The van der Waals surface area contributed by atoms with Crippen LogP contribution in [0.5, 0.6) is 5.75 Å². The number of aromatic hydroxyl groups is 1. The summed E-state index contributed by atoms with van der Waals surface area (Å²) in [5.41, 5.74) is 4.26. The minimum Gasteiger partial charge on any atom is -0.508 e. The lowest BCUT2D eigenvalue weighted by Crippen LogP contribution is -1.91. The molecule has 0 fully saturated rings. The third-order valence-corrected chi connectivity index (χ3v) is 4.77. The summed E-state index contributed by atoms with van der Waals surface area (Å²) in [6.45, 7) is 1.95. The van der Waals surface area contributed by atoms with E-state index in [1.807, 2.05) is 13.0 Å². The lowest BCUT2D eigenvalue weighted by molar-refractivity contribution is 0.476. The molecule has 1 aromatic carbocycles. The first kappa shape index (κ1) is 14.7. The molecule has 118 valence electrons. The molecule has 0 bridgehead atoms. The fourth-order valence-electron chi connectivity index (χ4n) is 2.55. The van der Waals surface area contributed by atoms with E-state index in [0.717, 1.165) is 37.6 Å². The Labute approximate surface area is 141 Å². The molecule has 4 nitrogen and oxygen atoms in total. The molecule has 3 heterocycles. The number of thiazole rings is 1. The molecule has 0 spiro atoms. The smallest absolute Gasteiger partial charge is 0.212 e. The topological polar surface area (TPSA) is 58.9 Å². The number of aromatic nitrogens is 3. The summed E-state index contributed by atoms with van der Waals surface area (Å²) in [5.74, 6) is -0.281. The highest BCUT2D eigenvalue weighted by atomic mass is 32.1. The average Bonchev–Trinajstić information content (AvgIpc) is 2.99. The second-order valence-electron chi connectivity index (χ2n) is 5.43. The van der Waals surface area contributed by atoms with E-state index in [-0.39, 0.29) is 5.75 Å². The number of fused-ring (bicyclic) bond motifs is 1. The molecule has 4 rings (SSSR count). The van der Waals surface area contributed by atoms with Gasteiger partial charge in [-0.05, 0) is 48.9 Å². The molecular weight excluding hydrogens is 325 g/mol. The van der Waals surface area contributed by atoms with Gasteiger partial charge in [-0.2, -0.15) is 4.39 Å². The van der Waals surface area contributed by atoms with E-state index < -0.39 is 5.95 Å². The summed E-state index contributed by atoms with van der Waals surface area (Å²) in [5, 5.41) is 10.4. The molecule has 24 heavy (non-hydrogen) atoms. The largest absolute Gasteiger partial charge is 0.508 e. The lowest BCUT2D eigenvalue weighted by Gasteiger charge is -2.06. The van der Waals surface area contributed by atoms with E-state index in [9.17, 15) is 9.50 Å². The minimum absolute atomic E-state index is 0.228. The highest BCUT2D eigenvalue weighted by Crippen LogP contribution is 2.33. The van der Waals surface area contributed by atoms with Crippen LogP contribution < -0.4 is 0 Å². The van der Waals surface area contributed by atoms with Crippen molar-refractivity contribution in [3.05, 3.63) is 60.3 Å². The van der Waals surface area contributed by atoms with Crippen LogP contribution in [0.25, 0.3) is 32.0 Å². The van der Waals surface area contributed by atoms with E-state index in [2.05, 4.69) is 15.0 Å². The molecule has 0 aliphatic rings. The van der Waals surface area contributed by atoms with Crippen LogP contribution in [0.2, 0.25) is 0 Å². The first-order valence-electron chi connectivity index (χ1n) is 7.29. The van der Waals surface area contributed by atoms with Gasteiger partial charge < -0.3 is 5.11 Å². The molecule has 0 atom stereocenters. The van der Waals surface area contributed by atoms with Gasteiger partial charge in [0.2, 0.25) is 5.95 Å². The van der Waals surface area contributed by atoms with Gasteiger partial charge in [-0.15, -0.1) is 11.3 Å². The summed E-state index contributed by atoms with van der Waals surface area (Å²) >= 11 is 1.50. The van der Waals surface area contributed by atoms with Crippen molar-refractivity contribution in [2.75, 3.05) is 0 Å². The zero-order valence-corrected chi connectivity index (χ0v) is 13.5. The quantitative estimate of drug-likeness (QED) is 0.544. The van der Waals surface area contributed by atoms with Gasteiger partial charge in [0.05, 0.1) is 15.9 Å². The molecule has 0 aliphatic carbocycles. The van der Waals surface area contributed by atoms with Crippen LogP contribution in [0.4, 0.5) is 4.39 Å². The Balaban J connectivity index is 1.76. The van der Waals surface area contributed by atoms with Gasteiger partial charge in [0.1, 0.15) is 10.8 Å². The van der Waals surface area contributed by atoms with Crippen LogP contribution in [-0.4, -0.2) is 20.1 Å². The van der Waals surface area contributed by atoms with Crippen molar-refractivity contribution in [2.45, 2.75) is 6.92 Å². The van der Waals surface area contributed by atoms with Gasteiger partial charge in [-0.25, -0.2) is 9.97 Å². The number of benzene rings is 1. The van der Waals surface area contributed by atoms with Gasteiger partial charge in [-0.1, -0.05) is 0 Å². The first-order valence-corrected chi connectivity index (χ1v) is 8.10. The number of aryl methyl sites for hydroxylation is 1. The molecule has 3 aromatic heterocycles. The number of phenols is 1. The molecule has 6 heteroatoms. The standard InChI is InChI=1S/C18H12FN3OS/c1-10-6-12(9-21-17(10)11-2-5-16(19)20-8-11)18-22-14-4-3-13(23)7-15(14)24-18/h2-9,23H,1H3. The Bertz CT molecular complexity index is 1040. The lowest BCUT2D eigenvalue weighted by atomic mass is 10.1. The van der Waals surface area contributed by atoms with Crippen molar-refractivity contribution < 1.29 is 9.50 Å². The van der Waals surface area contributed by atoms with Crippen molar-refractivity contribution in [3.8, 4) is 27.6 Å². The summed E-state index contributed by atoms with van der Waals surface area (Å²) in [4.78, 5) is 12.8. The zero-order chi connectivity index (χ0) is 16.7. The molecule has 1 N–H and O–H groups in total. The third kappa shape index (κ3) is 2.61. The normalized spacial score (nSPS) is 11.1. The Morgan fingerprint density at radius 1 is 1.00 bits per heavy atom. The number of hydrogen-bond acceptors (Lipinski definition) is 5. The monoisotopic (exact) mass is 337 g/mol. The minimum atomic E-state index is -0.509. The van der Waals surface area contributed by atoms with Gasteiger partial charge in [0.15, 0.2) is 0 Å². The van der Waals surface area contributed by atoms with Gasteiger partial charge in [-0.3, -0.25) is 4.98 Å². The fraction of sp³-hybridized carbons (Fsp3) is 0.0556. The van der Waals surface area contributed by atoms with Crippen LogP contribution >= 0.6 is 11.3 Å². The second kappa shape index (κ2) is 5.65. The van der Waals surface area contributed by atoms with Crippen LogP contribution in [0.15, 0.2) is 48.8 Å². The Morgan fingerprint density at radius 2 is 1.83 bits per heavy atom. The maximum Gasteiger partial charge on any atom is 0.212 e. The van der Waals surface area contributed by atoms with Crippen LogP contribution in [0.1, 0.15) is 5.56 Å². The molecule has 0 unspecified atom stereocenters. The number of rotatable bonds is 2.